The van der Waals surface area contributed by atoms with E-state index in [0.717, 1.165) is 18.1 Å². The van der Waals surface area contributed by atoms with Gasteiger partial charge in [-0.25, -0.2) is 4.98 Å². The van der Waals surface area contributed by atoms with E-state index >= 15 is 0 Å². The van der Waals surface area contributed by atoms with E-state index in [1.54, 1.807) is 11.3 Å². The van der Waals surface area contributed by atoms with Crippen molar-refractivity contribution in [2.45, 2.75) is 32.9 Å². The number of nitrogens with one attached hydrogen (secondary N) is 1. The standard InChI is InChI=1S/C16H21N3S/c1-13-17-10-16(20-13)11-18-15-6-4-14(5-7-15)12-19-8-2-3-9-19/h4-7,10,18H,2-3,8-9,11-12H2,1H3. The van der Waals surface area contributed by atoms with E-state index in [1.807, 2.05) is 13.1 Å². The van der Waals surface area contributed by atoms with Crippen molar-refractivity contribution in [2.24, 2.45) is 0 Å². The number of anilines is 1. The summed E-state index contributed by atoms with van der Waals surface area (Å²) >= 11 is 1.75. The van der Waals surface area contributed by atoms with Gasteiger partial charge >= 0.3 is 0 Å². The Morgan fingerprint density at radius 1 is 1.20 bits per heavy atom. The van der Waals surface area contributed by atoms with E-state index < -0.39 is 0 Å². The van der Waals surface area contributed by atoms with Gasteiger partial charge < -0.3 is 5.32 Å². The lowest BCUT2D eigenvalue weighted by Crippen LogP contribution is -2.18. The fourth-order valence-electron chi connectivity index (χ4n) is 2.60. The van der Waals surface area contributed by atoms with E-state index in [4.69, 9.17) is 0 Å². The summed E-state index contributed by atoms with van der Waals surface area (Å²) in [7, 11) is 0. The van der Waals surface area contributed by atoms with Gasteiger partial charge in [0.2, 0.25) is 0 Å². The first-order valence-electron chi connectivity index (χ1n) is 7.26. The van der Waals surface area contributed by atoms with Crippen molar-refractivity contribution in [3.8, 4) is 0 Å². The van der Waals surface area contributed by atoms with Gasteiger partial charge in [-0.15, -0.1) is 11.3 Å². The molecule has 1 saturated heterocycles. The van der Waals surface area contributed by atoms with Gasteiger partial charge in [-0.2, -0.15) is 0 Å². The first kappa shape index (κ1) is 13.6. The van der Waals surface area contributed by atoms with Gasteiger partial charge in [0.15, 0.2) is 0 Å². The summed E-state index contributed by atoms with van der Waals surface area (Å²) in [5, 5.41) is 4.58. The molecule has 0 bridgehead atoms. The number of aromatic nitrogens is 1. The second kappa shape index (κ2) is 6.37. The second-order valence-electron chi connectivity index (χ2n) is 5.38. The number of hydrogen-bond donors (Lipinski definition) is 1. The van der Waals surface area contributed by atoms with Gasteiger partial charge in [0, 0.05) is 23.3 Å². The number of likely N-dealkylation sites (tertiary alicyclic amines) is 1. The smallest absolute Gasteiger partial charge is 0.0897 e. The van der Waals surface area contributed by atoms with Gasteiger partial charge in [-0.05, 0) is 50.6 Å². The third-order valence-corrected chi connectivity index (χ3v) is 4.61. The zero-order chi connectivity index (χ0) is 13.8. The minimum absolute atomic E-state index is 0.858. The molecule has 1 aliphatic heterocycles. The number of rotatable bonds is 5. The fourth-order valence-corrected chi connectivity index (χ4v) is 3.34. The molecule has 4 heteroatoms. The molecule has 1 aromatic heterocycles. The maximum atomic E-state index is 4.27. The van der Waals surface area contributed by atoms with Crippen molar-refractivity contribution in [1.29, 1.82) is 0 Å². The monoisotopic (exact) mass is 287 g/mol. The lowest BCUT2D eigenvalue weighted by molar-refractivity contribution is 0.331. The Morgan fingerprint density at radius 3 is 2.60 bits per heavy atom. The van der Waals surface area contributed by atoms with Crippen LogP contribution in [0.4, 0.5) is 5.69 Å². The van der Waals surface area contributed by atoms with Crippen LogP contribution in [0.15, 0.2) is 30.5 Å². The molecule has 0 saturated carbocycles. The highest BCUT2D eigenvalue weighted by Gasteiger charge is 2.11. The summed E-state index contributed by atoms with van der Waals surface area (Å²) in [5.41, 5.74) is 2.59. The summed E-state index contributed by atoms with van der Waals surface area (Å²) in [5.74, 6) is 0. The molecule has 1 aliphatic rings. The van der Waals surface area contributed by atoms with Crippen LogP contribution in [-0.2, 0) is 13.1 Å². The van der Waals surface area contributed by atoms with Crippen LogP contribution in [0, 0.1) is 6.92 Å². The lowest BCUT2D eigenvalue weighted by atomic mass is 10.2. The third-order valence-electron chi connectivity index (χ3n) is 3.69. The molecular weight excluding hydrogens is 266 g/mol. The van der Waals surface area contributed by atoms with Crippen LogP contribution in [0.1, 0.15) is 28.3 Å². The SMILES string of the molecule is Cc1ncc(CNc2ccc(CN3CCCC3)cc2)s1. The molecular formula is C16H21N3S. The van der Waals surface area contributed by atoms with Crippen molar-refractivity contribution in [3.05, 3.63) is 45.9 Å². The first-order chi connectivity index (χ1) is 9.79. The van der Waals surface area contributed by atoms with Crippen LogP contribution in [0.2, 0.25) is 0 Å². The third kappa shape index (κ3) is 3.58. The Labute approximate surface area is 124 Å². The number of thiazole rings is 1. The molecule has 3 nitrogen and oxygen atoms in total. The van der Waals surface area contributed by atoms with Crippen molar-refractivity contribution in [3.63, 3.8) is 0 Å². The average molecular weight is 287 g/mol. The zero-order valence-electron chi connectivity index (χ0n) is 11.9. The molecule has 3 rings (SSSR count). The van der Waals surface area contributed by atoms with Crippen molar-refractivity contribution in [2.75, 3.05) is 18.4 Å². The molecule has 1 aromatic carbocycles. The average Bonchev–Trinajstić information content (AvgIpc) is 3.10. The summed E-state index contributed by atoms with van der Waals surface area (Å²) in [6, 6.07) is 8.83. The number of hydrogen-bond acceptors (Lipinski definition) is 4. The minimum Gasteiger partial charge on any atom is -0.380 e. The van der Waals surface area contributed by atoms with Gasteiger partial charge in [-0.1, -0.05) is 12.1 Å². The largest absolute Gasteiger partial charge is 0.380 e. The van der Waals surface area contributed by atoms with Crippen LogP contribution in [0.25, 0.3) is 0 Å². The minimum atomic E-state index is 0.858. The van der Waals surface area contributed by atoms with E-state index in [0.29, 0.717) is 0 Å². The predicted molar refractivity (Wildman–Crippen MR) is 85.1 cm³/mol. The summed E-state index contributed by atoms with van der Waals surface area (Å²) in [4.78, 5) is 8.08. The van der Waals surface area contributed by atoms with Gasteiger partial charge in [-0.3, -0.25) is 4.90 Å². The van der Waals surface area contributed by atoms with Gasteiger partial charge in [0.25, 0.3) is 0 Å². The van der Waals surface area contributed by atoms with E-state index in [9.17, 15) is 0 Å². The maximum absolute atomic E-state index is 4.27. The van der Waals surface area contributed by atoms with E-state index in [2.05, 4.69) is 39.5 Å². The Morgan fingerprint density at radius 2 is 1.95 bits per heavy atom. The van der Waals surface area contributed by atoms with Crippen molar-refractivity contribution in [1.82, 2.24) is 9.88 Å². The molecule has 2 heterocycles. The molecule has 0 radical (unpaired) electrons. The number of benzene rings is 1. The molecule has 106 valence electrons. The molecule has 0 atom stereocenters. The van der Waals surface area contributed by atoms with Crippen LogP contribution in [0.5, 0.6) is 0 Å². The number of aryl methyl sites for hydroxylation is 1. The molecule has 0 unspecified atom stereocenters. The Hall–Kier alpha value is -1.39. The molecule has 0 aliphatic carbocycles. The molecule has 20 heavy (non-hydrogen) atoms. The van der Waals surface area contributed by atoms with E-state index in [1.165, 1.54) is 42.1 Å². The van der Waals surface area contributed by atoms with E-state index in [-0.39, 0.29) is 0 Å². The highest BCUT2D eigenvalue weighted by molar-refractivity contribution is 7.11. The molecule has 0 amide bonds. The first-order valence-corrected chi connectivity index (χ1v) is 8.08. The second-order valence-corrected chi connectivity index (χ2v) is 6.70. The summed E-state index contributed by atoms with van der Waals surface area (Å²) in [6.07, 6.45) is 4.66. The number of nitrogens with zero attached hydrogens (tertiary/aromatic N) is 2. The topological polar surface area (TPSA) is 28.2 Å². The van der Waals surface area contributed by atoms with Crippen molar-refractivity contribution >= 4 is 17.0 Å². The molecule has 1 N–H and O–H groups in total. The maximum Gasteiger partial charge on any atom is 0.0897 e. The van der Waals surface area contributed by atoms with Crippen LogP contribution in [0.3, 0.4) is 0 Å². The van der Waals surface area contributed by atoms with Crippen LogP contribution >= 0.6 is 11.3 Å². The fraction of sp³-hybridized carbons (Fsp3) is 0.438. The summed E-state index contributed by atoms with van der Waals surface area (Å²) in [6.45, 7) is 6.50. The zero-order valence-corrected chi connectivity index (χ0v) is 12.7. The highest BCUT2D eigenvalue weighted by atomic mass is 32.1. The van der Waals surface area contributed by atoms with Crippen LogP contribution in [-0.4, -0.2) is 23.0 Å². The molecule has 0 spiro atoms. The highest BCUT2D eigenvalue weighted by Crippen LogP contribution is 2.17. The molecule has 2 aromatic rings. The predicted octanol–water partition coefficient (Wildman–Crippen LogP) is 3.66. The Kier molecular flexibility index (Phi) is 4.33. The lowest BCUT2D eigenvalue weighted by Gasteiger charge is -2.14. The molecule has 1 fully saturated rings. The quantitative estimate of drug-likeness (QED) is 0.909. The van der Waals surface area contributed by atoms with Crippen molar-refractivity contribution < 1.29 is 0 Å². The normalized spacial score (nSPS) is 15.7. The van der Waals surface area contributed by atoms with Gasteiger partial charge in [0.05, 0.1) is 11.6 Å². The van der Waals surface area contributed by atoms with Gasteiger partial charge in [0.1, 0.15) is 0 Å². The Balaban J connectivity index is 1.52. The summed E-state index contributed by atoms with van der Waals surface area (Å²) < 4.78 is 0. The van der Waals surface area contributed by atoms with Crippen LogP contribution < -0.4 is 5.32 Å². The Bertz CT molecular complexity index is 541.